The van der Waals surface area contributed by atoms with Crippen molar-refractivity contribution < 1.29 is 15.0 Å². The molecule has 0 aliphatic heterocycles. The number of hydrogen-bond acceptors (Lipinski definition) is 4. The molecule has 0 saturated heterocycles. The van der Waals surface area contributed by atoms with E-state index in [1.165, 1.54) is 43.2 Å². The summed E-state index contributed by atoms with van der Waals surface area (Å²) in [5, 5.41) is 18.9. The van der Waals surface area contributed by atoms with E-state index in [2.05, 4.69) is 24.3 Å². The van der Waals surface area contributed by atoms with Gasteiger partial charge in [-0.15, -0.1) is 0 Å². The number of benzene rings is 2. The molecule has 2 aromatic rings. The SMILES string of the molecule is NCc1cccc(C2CCCC(CCC(=O)C=Cc3ccc(O)c(CO)c3)CC2)c1. The van der Waals surface area contributed by atoms with Gasteiger partial charge in [-0.1, -0.05) is 49.2 Å². The Morgan fingerprint density at radius 3 is 2.77 bits per heavy atom. The summed E-state index contributed by atoms with van der Waals surface area (Å²) in [4.78, 5) is 12.3. The summed E-state index contributed by atoms with van der Waals surface area (Å²) >= 11 is 0. The van der Waals surface area contributed by atoms with Crippen LogP contribution < -0.4 is 5.73 Å². The predicted molar refractivity (Wildman–Crippen MR) is 121 cm³/mol. The number of aromatic hydroxyl groups is 1. The van der Waals surface area contributed by atoms with E-state index in [-0.39, 0.29) is 18.1 Å². The Labute approximate surface area is 179 Å². The van der Waals surface area contributed by atoms with E-state index in [0.29, 0.717) is 30.4 Å². The van der Waals surface area contributed by atoms with E-state index in [1.54, 1.807) is 30.4 Å². The molecule has 1 aliphatic carbocycles. The first-order chi connectivity index (χ1) is 14.6. The zero-order chi connectivity index (χ0) is 21.3. The first-order valence-corrected chi connectivity index (χ1v) is 11.0. The second-order valence-electron chi connectivity index (χ2n) is 8.40. The first kappa shape index (κ1) is 22.3. The molecule has 1 saturated carbocycles. The van der Waals surface area contributed by atoms with Crippen molar-refractivity contribution in [3.05, 3.63) is 70.8 Å². The standard InChI is InChI=1S/C26H33NO3/c27-17-21-4-2-6-23(16-21)22-5-1-3-19(7-11-22)8-12-25(29)13-9-20-10-14-26(30)24(15-20)18-28/h2,4,6,9-10,13-16,19,22,28,30H,1,3,5,7-8,11-12,17-18,27H2. The molecule has 0 spiro atoms. The lowest BCUT2D eigenvalue weighted by Crippen LogP contribution is -2.04. The van der Waals surface area contributed by atoms with Crippen molar-refractivity contribution in [2.24, 2.45) is 11.7 Å². The molecule has 0 heterocycles. The van der Waals surface area contributed by atoms with Crippen LogP contribution in [0.1, 0.15) is 73.1 Å². The second-order valence-corrected chi connectivity index (χ2v) is 8.40. The summed E-state index contributed by atoms with van der Waals surface area (Å²) in [6.07, 6.45) is 10.9. The third-order valence-corrected chi connectivity index (χ3v) is 6.28. The van der Waals surface area contributed by atoms with E-state index in [1.807, 2.05) is 0 Å². The van der Waals surface area contributed by atoms with Gasteiger partial charge in [0.15, 0.2) is 5.78 Å². The number of ketones is 1. The molecule has 0 aromatic heterocycles. The minimum absolute atomic E-state index is 0.0717. The normalized spacial score (nSPS) is 19.7. The summed E-state index contributed by atoms with van der Waals surface area (Å²) in [5.74, 6) is 1.42. The predicted octanol–water partition coefficient (Wildman–Crippen LogP) is 5.07. The van der Waals surface area contributed by atoms with E-state index in [4.69, 9.17) is 5.73 Å². The Hall–Kier alpha value is -2.43. The monoisotopic (exact) mass is 407 g/mol. The van der Waals surface area contributed by atoms with Crippen molar-refractivity contribution in [2.75, 3.05) is 0 Å². The molecule has 30 heavy (non-hydrogen) atoms. The van der Waals surface area contributed by atoms with Crippen LogP contribution in [0.15, 0.2) is 48.5 Å². The van der Waals surface area contributed by atoms with Gasteiger partial charge in [0.1, 0.15) is 5.75 Å². The van der Waals surface area contributed by atoms with Crippen LogP contribution in [0.2, 0.25) is 0 Å². The number of hydrogen-bond donors (Lipinski definition) is 3. The third kappa shape index (κ3) is 6.28. The quantitative estimate of drug-likeness (QED) is 0.421. The molecule has 2 aromatic carbocycles. The lowest BCUT2D eigenvalue weighted by atomic mass is 9.89. The van der Waals surface area contributed by atoms with Gasteiger partial charge in [0.2, 0.25) is 0 Å². The van der Waals surface area contributed by atoms with E-state index in [0.717, 1.165) is 12.0 Å². The Morgan fingerprint density at radius 2 is 1.97 bits per heavy atom. The Kier molecular flexibility index (Phi) is 8.23. The molecule has 2 unspecified atom stereocenters. The van der Waals surface area contributed by atoms with Gasteiger partial charge in [-0.25, -0.2) is 0 Å². The molecule has 1 aliphatic rings. The van der Waals surface area contributed by atoms with Gasteiger partial charge in [-0.2, -0.15) is 0 Å². The molecule has 2 atom stereocenters. The van der Waals surface area contributed by atoms with Gasteiger partial charge in [0.25, 0.3) is 0 Å². The van der Waals surface area contributed by atoms with Crippen molar-refractivity contribution in [3.63, 3.8) is 0 Å². The number of carbonyl (C=O) groups excluding carboxylic acids is 1. The smallest absolute Gasteiger partial charge is 0.155 e. The maximum absolute atomic E-state index is 12.3. The molecular weight excluding hydrogens is 374 g/mol. The minimum Gasteiger partial charge on any atom is -0.508 e. The third-order valence-electron chi connectivity index (χ3n) is 6.28. The minimum atomic E-state index is -0.222. The fourth-order valence-corrected chi connectivity index (χ4v) is 4.43. The van der Waals surface area contributed by atoms with Crippen LogP contribution in [-0.4, -0.2) is 16.0 Å². The van der Waals surface area contributed by atoms with Gasteiger partial charge in [0, 0.05) is 18.5 Å². The van der Waals surface area contributed by atoms with Crippen LogP contribution in [0.25, 0.3) is 6.08 Å². The highest BCUT2D eigenvalue weighted by atomic mass is 16.3. The molecular formula is C26H33NO3. The Morgan fingerprint density at radius 1 is 1.10 bits per heavy atom. The van der Waals surface area contributed by atoms with Gasteiger partial charge < -0.3 is 15.9 Å². The number of aliphatic hydroxyl groups is 1. The average molecular weight is 408 g/mol. The maximum atomic E-state index is 12.3. The van der Waals surface area contributed by atoms with E-state index < -0.39 is 0 Å². The molecule has 4 nitrogen and oxygen atoms in total. The molecule has 0 radical (unpaired) electrons. The number of carbonyl (C=O) groups is 1. The van der Waals surface area contributed by atoms with Crippen LogP contribution >= 0.6 is 0 Å². The Bertz CT molecular complexity index is 874. The van der Waals surface area contributed by atoms with E-state index >= 15 is 0 Å². The molecule has 4 heteroatoms. The summed E-state index contributed by atoms with van der Waals surface area (Å²) in [7, 11) is 0. The van der Waals surface area contributed by atoms with Crippen molar-refractivity contribution in [3.8, 4) is 5.75 Å². The fourth-order valence-electron chi connectivity index (χ4n) is 4.43. The highest BCUT2D eigenvalue weighted by Crippen LogP contribution is 2.36. The van der Waals surface area contributed by atoms with Crippen molar-refractivity contribution in [1.29, 1.82) is 0 Å². The summed E-state index contributed by atoms with van der Waals surface area (Å²) in [6, 6.07) is 13.7. The van der Waals surface area contributed by atoms with Crippen molar-refractivity contribution in [2.45, 2.75) is 64.0 Å². The number of nitrogens with two attached hydrogens (primary N) is 1. The van der Waals surface area contributed by atoms with Gasteiger partial charge in [-0.3, -0.25) is 4.79 Å². The van der Waals surface area contributed by atoms with Crippen LogP contribution in [-0.2, 0) is 17.9 Å². The number of aliphatic hydroxyl groups excluding tert-OH is 1. The van der Waals surface area contributed by atoms with Crippen LogP contribution in [0, 0.1) is 5.92 Å². The van der Waals surface area contributed by atoms with E-state index in [9.17, 15) is 15.0 Å². The Balaban J connectivity index is 1.48. The molecule has 160 valence electrons. The van der Waals surface area contributed by atoms with Crippen LogP contribution in [0.5, 0.6) is 5.75 Å². The zero-order valence-corrected chi connectivity index (χ0v) is 17.6. The van der Waals surface area contributed by atoms with Gasteiger partial charge >= 0.3 is 0 Å². The van der Waals surface area contributed by atoms with Crippen LogP contribution in [0.3, 0.4) is 0 Å². The van der Waals surface area contributed by atoms with Crippen molar-refractivity contribution >= 4 is 11.9 Å². The topological polar surface area (TPSA) is 83.6 Å². The first-order valence-electron chi connectivity index (χ1n) is 11.0. The average Bonchev–Trinajstić information content (AvgIpc) is 3.03. The number of phenols is 1. The highest BCUT2D eigenvalue weighted by Gasteiger charge is 2.20. The summed E-state index contributed by atoms with van der Waals surface area (Å²) in [6.45, 7) is 0.366. The molecule has 4 N–H and O–H groups in total. The summed E-state index contributed by atoms with van der Waals surface area (Å²) in [5.41, 5.74) is 9.68. The second kappa shape index (κ2) is 11.1. The largest absolute Gasteiger partial charge is 0.508 e. The van der Waals surface area contributed by atoms with Crippen LogP contribution in [0.4, 0.5) is 0 Å². The molecule has 0 bridgehead atoms. The fraction of sp³-hybridized carbons (Fsp3) is 0.423. The zero-order valence-electron chi connectivity index (χ0n) is 17.6. The molecule has 0 amide bonds. The van der Waals surface area contributed by atoms with Crippen molar-refractivity contribution in [1.82, 2.24) is 0 Å². The molecule has 1 fully saturated rings. The lowest BCUT2D eigenvalue weighted by molar-refractivity contribution is -0.114. The lowest BCUT2D eigenvalue weighted by Gasteiger charge is -2.16. The molecule has 3 rings (SSSR count). The van der Waals surface area contributed by atoms with Gasteiger partial charge in [-0.05, 0) is 72.4 Å². The maximum Gasteiger partial charge on any atom is 0.155 e. The number of rotatable bonds is 8. The number of allylic oxidation sites excluding steroid dienone is 1. The van der Waals surface area contributed by atoms with Gasteiger partial charge in [0.05, 0.1) is 6.61 Å². The highest BCUT2D eigenvalue weighted by molar-refractivity contribution is 5.93. The summed E-state index contributed by atoms with van der Waals surface area (Å²) < 4.78 is 0.